The highest BCUT2D eigenvalue weighted by atomic mass is 127. The molecule has 0 amide bonds. The summed E-state index contributed by atoms with van der Waals surface area (Å²) in [6, 6.07) is 10.1. The molecule has 1 aromatic carbocycles. The van der Waals surface area contributed by atoms with Crippen molar-refractivity contribution in [2.75, 3.05) is 20.7 Å². The molecule has 1 heterocycles. The van der Waals surface area contributed by atoms with E-state index in [2.05, 4.69) is 60.6 Å². The van der Waals surface area contributed by atoms with E-state index in [0.717, 1.165) is 29.7 Å². The van der Waals surface area contributed by atoms with Crippen LogP contribution in [-0.2, 0) is 12.0 Å². The molecule has 1 aromatic heterocycles. The van der Waals surface area contributed by atoms with Crippen molar-refractivity contribution >= 4 is 29.9 Å². The number of ether oxygens (including phenoxy) is 1. The normalized spacial score (nSPS) is 11.9. The minimum Gasteiger partial charge on any atom is -0.497 e. The van der Waals surface area contributed by atoms with Gasteiger partial charge in [0.05, 0.1) is 19.3 Å². The Morgan fingerprint density at radius 2 is 2.00 bits per heavy atom. The smallest absolute Gasteiger partial charge is 0.191 e. The third-order valence-corrected chi connectivity index (χ3v) is 4.37. The first kappa shape index (κ1) is 23.3. The quantitative estimate of drug-likeness (QED) is 0.351. The molecule has 0 saturated heterocycles. The largest absolute Gasteiger partial charge is 0.497 e. The molecule has 6 nitrogen and oxygen atoms in total. The number of halogens is 1. The Kier molecular flexibility index (Phi) is 9.08. The van der Waals surface area contributed by atoms with Crippen molar-refractivity contribution < 1.29 is 9.26 Å². The summed E-state index contributed by atoms with van der Waals surface area (Å²) in [6.45, 7) is 9.83. The van der Waals surface area contributed by atoms with Crippen molar-refractivity contribution in [1.82, 2.24) is 15.8 Å². The summed E-state index contributed by atoms with van der Waals surface area (Å²) in [5.41, 5.74) is 2.09. The van der Waals surface area contributed by atoms with Gasteiger partial charge < -0.3 is 19.9 Å². The van der Waals surface area contributed by atoms with Gasteiger partial charge in [-0.3, -0.25) is 4.99 Å². The summed E-state index contributed by atoms with van der Waals surface area (Å²) in [7, 11) is 3.44. The van der Waals surface area contributed by atoms with Crippen molar-refractivity contribution in [3.05, 3.63) is 47.3 Å². The molecule has 0 fully saturated rings. The van der Waals surface area contributed by atoms with Crippen LogP contribution in [0.3, 0.4) is 0 Å². The van der Waals surface area contributed by atoms with Crippen LogP contribution in [0, 0.1) is 0 Å². The molecule has 2 rings (SSSR count). The predicted octanol–water partition coefficient (Wildman–Crippen LogP) is 4.07. The average molecular weight is 486 g/mol. The van der Waals surface area contributed by atoms with E-state index in [0.29, 0.717) is 12.5 Å². The number of aromatic nitrogens is 1. The van der Waals surface area contributed by atoms with Crippen LogP contribution in [0.4, 0.5) is 0 Å². The first-order valence-corrected chi connectivity index (χ1v) is 8.90. The first-order chi connectivity index (χ1) is 12.4. The van der Waals surface area contributed by atoms with E-state index in [9.17, 15) is 0 Å². The Balaban J connectivity index is 0.00000364. The van der Waals surface area contributed by atoms with Crippen LogP contribution in [0.2, 0.25) is 0 Å². The van der Waals surface area contributed by atoms with Gasteiger partial charge in [0, 0.05) is 25.1 Å². The maximum Gasteiger partial charge on any atom is 0.191 e. The number of rotatable bonds is 7. The second-order valence-electron chi connectivity index (χ2n) is 7.27. The summed E-state index contributed by atoms with van der Waals surface area (Å²) in [5.74, 6) is 2.74. The van der Waals surface area contributed by atoms with Crippen LogP contribution < -0.4 is 15.4 Å². The van der Waals surface area contributed by atoms with Gasteiger partial charge in [-0.2, -0.15) is 0 Å². The summed E-state index contributed by atoms with van der Waals surface area (Å²) in [5, 5.41) is 10.7. The Bertz CT molecular complexity index is 741. The van der Waals surface area contributed by atoms with Crippen molar-refractivity contribution in [1.29, 1.82) is 0 Å². The molecule has 0 spiro atoms. The summed E-state index contributed by atoms with van der Waals surface area (Å²) in [4.78, 5) is 4.28. The molecule has 150 valence electrons. The Labute approximate surface area is 179 Å². The number of aliphatic imine (C=N–C) groups is 1. The molecule has 0 atom stereocenters. The Morgan fingerprint density at radius 3 is 2.59 bits per heavy atom. The monoisotopic (exact) mass is 486 g/mol. The third kappa shape index (κ3) is 6.71. The van der Waals surface area contributed by atoms with E-state index in [1.54, 1.807) is 14.2 Å². The fourth-order valence-corrected chi connectivity index (χ4v) is 2.53. The average Bonchev–Trinajstić information content (AvgIpc) is 3.11. The minimum atomic E-state index is -0.0801. The van der Waals surface area contributed by atoms with Gasteiger partial charge in [0.1, 0.15) is 5.75 Å². The van der Waals surface area contributed by atoms with Crippen LogP contribution in [-0.4, -0.2) is 31.8 Å². The molecule has 0 bridgehead atoms. The standard InChI is InChI=1S/C20H30N4O2.HI/c1-14(2)18-11-17(26-24-18)12-22-19(21-5)23-13-20(3,4)15-8-7-9-16(10-15)25-6;/h7-11,14H,12-13H2,1-6H3,(H2,21,22,23);1H. The van der Waals surface area contributed by atoms with Crippen LogP contribution in [0.1, 0.15) is 50.6 Å². The van der Waals surface area contributed by atoms with Crippen LogP contribution >= 0.6 is 24.0 Å². The van der Waals surface area contributed by atoms with E-state index in [1.807, 2.05) is 18.2 Å². The number of hydrogen-bond acceptors (Lipinski definition) is 4. The van der Waals surface area contributed by atoms with Gasteiger partial charge in [-0.05, 0) is 23.6 Å². The van der Waals surface area contributed by atoms with Gasteiger partial charge in [0.25, 0.3) is 0 Å². The van der Waals surface area contributed by atoms with E-state index in [1.165, 1.54) is 5.56 Å². The maximum atomic E-state index is 5.35. The van der Waals surface area contributed by atoms with Gasteiger partial charge in [-0.1, -0.05) is 45.0 Å². The Hall–Kier alpha value is -1.77. The predicted molar refractivity (Wildman–Crippen MR) is 120 cm³/mol. The van der Waals surface area contributed by atoms with Crippen molar-refractivity contribution in [2.24, 2.45) is 4.99 Å². The second kappa shape index (κ2) is 10.5. The molecule has 0 aliphatic heterocycles. The van der Waals surface area contributed by atoms with Crippen LogP contribution in [0.5, 0.6) is 5.75 Å². The topological polar surface area (TPSA) is 71.7 Å². The lowest BCUT2D eigenvalue weighted by molar-refractivity contribution is 0.371. The SMILES string of the molecule is CN=C(NCc1cc(C(C)C)no1)NCC(C)(C)c1cccc(OC)c1.I. The van der Waals surface area contributed by atoms with Crippen LogP contribution in [0.15, 0.2) is 39.8 Å². The maximum absolute atomic E-state index is 5.35. The minimum absolute atomic E-state index is 0. The zero-order valence-corrected chi connectivity index (χ0v) is 19.3. The molecule has 0 radical (unpaired) electrons. The number of nitrogens with zero attached hydrogens (tertiary/aromatic N) is 2. The van der Waals surface area contributed by atoms with Crippen LogP contribution in [0.25, 0.3) is 0 Å². The van der Waals surface area contributed by atoms with E-state index >= 15 is 0 Å². The van der Waals surface area contributed by atoms with Crippen molar-refractivity contribution in [2.45, 2.75) is 45.6 Å². The molecule has 7 heteroatoms. The molecular weight excluding hydrogens is 455 g/mol. The fraction of sp³-hybridized carbons (Fsp3) is 0.500. The third-order valence-electron chi connectivity index (χ3n) is 4.37. The molecule has 0 saturated carbocycles. The number of guanidine groups is 1. The number of hydrogen-bond donors (Lipinski definition) is 2. The van der Waals surface area contributed by atoms with E-state index < -0.39 is 0 Å². The van der Waals surface area contributed by atoms with Gasteiger partial charge >= 0.3 is 0 Å². The summed E-state index contributed by atoms with van der Waals surface area (Å²) in [6.07, 6.45) is 0. The number of nitrogens with one attached hydrogen (secondary N) is 2. The van der Waals surface area contributed by atoms with Gasteiger partial charge in [-0.15, -0.1) is 24.0 Å². The zero-order valence-electron chi connectivity index (χ0n) is 17.0. The van der Waals surface area contributed by atoms with Gasteiger partial charge in [-0.25, -0.2) is 0 Å². The highest BCUT2D eigenvalue weighted by molar-refractivity contribution is 14.0. The number of benzene rings is 1. The lowest BCUT2D eigenvalue weighted by Crippen LogP contribution is -2.43. The summed E-state index contributed by atoms with van der Waals surface area (Å²) < 4.78 is 10.7. The molecule has 2 aromatic rings. The van der Waals surface area contributed by atoms with Gasteiger partial charge in [0.2, 0.25) is 0 Å². The zero-order chi connectivity index (χ0) is 19.2. The van der Waals surface area contributed by atoms with Crippen molar-refractivity contribution in [3.8, 4) is 5.75 Å². The lowest BCUT2D eigenvalue weighted by atomic mass is 9.84. The second-order valence-corrected chi connectivity index (χ2v) is 7.27. The highest BCUT2D eigenvalue weighted by Crippen LogP contribution is 2.25. The van der Waals surface area contributed by atoms with E-state index in [4.69, 9.17) is 9.26 Å². The highest BCUT2D eigenvalue weighted by Gasteiger charge is 2.21. The van der Waals surface area contributed by atoms with Crippen molar-refractivity contribution in [3.63, 3.8) is 0 Å². The molecule has 0 unspecified atom stereocenters. The first-order valence-electron chi connectivity index (χ1n) is 8.90. The van der Waals surface area contributed by atoms with Gasteiger partial charge in [0.15, 0.2) is 11.7 Å². The molecule has 2 N–H and O–H groups in total. The van der Waals surface area contributed by atoms with E-state index in [-0.39, 0.29) is 29.4 Å². The molecule has 27 heavy (non-hydrogen) atoms. The molecule has 0 aliphatic carbocycles. The lowest BCUT2D eigenvalue weighted by Gasteiger charge is -2.27. The number of methoxy groups -OCH3 is 1. The molecular formula is C20H31IN4O2. The molecule has 0 aliphatic rings. The summed E-state index contributed by atoms with van der Waals surface area (Å²) >= 11 is 0. The Morgan fingerprint density at radius 1 is 1.26 bits per heavy atom. The fourth-order valence-electron chi connectivity index (χ4n) is 2.53.